The molecule has 0 aliphatic rings. The monoisotopic (exact) mass is 272 g/mol. The second-order valence-corrected chi connectivity index (χ2v) is 5.22. The van der Waals surface area contributed by atoms with Gasteiger partial charge in [0, 0.05) is 32.5 Å². The number of imidazole rings is 1. The van der Waals surface area contributed by atoms with E-state index in [1.54, 1.807) is 0 Å². The summed E-state index contributed by atoms with van der Waals surface area (Å²) in [6.07, 6.45) is 3.83. The van der Waals surface area contributed by atoms with Gasteiger partial charge >= 0.3 is 0 Å². The molecule has 0 fully saturated rings. The van der Waals surface area contributed by atoms with E-state index in [9.17, 15) is 0 Å². The smallest absolute Gasteiger partial charge is 0.122 e. The van der Waals surface area contributed by atoms with Crippen molar-refractivity contribution in [3.63, 3.8) is 0 Å². The Morgan fingerprint density at radius 2 is 1.85 bits per heavy atom. The minimum atomic E-state index is 0.864. The molecule has 4 heteroatoms. The molecule has 0 aliphatic carbocycles. The van der Waals surface area contributed by atoms with Crippen LogP contribution in [0, 0.1) is 0 Å². The molecular weight excluding hydrogens is 248 g/mol. The average Bonchev–Trinajstić information content (AvgIpc) is 2.83. The van der Waals surface area contributed by atoms with Crippen molar-refractivity contribution in [2.75, 3.05) is 13.6 Å². The van der Waals surface area contributed by atoms with Crippen LogP contribution in [0.3, 0.4) is 0 Å². The minimum absolute atomic E-state index is 0.864. The molecule has 0 spiro atoms. The summed E-state index contributed by atoms with van der Waals surface area (Å²) in [5.74, 6) is 1.09. The van der Waals surface area contributed by atoms with Gasteiger partial charge in [0.1, 0.15) is 5.82 Å². The molecule has 4 nitrogen and oxygen atoms in total. The number of benzene rings is 1. The maximum absolute atomic E-state index is 4.36. The summed E-state index contributed by atoms with van der Waals surface area (Å²) in [5, 5.41) is 3.34. The third kappa shape index (κ3) is 4.18. The van der Waals surface area contributed by atoms with E-state index in [0.717, 1.165) is 32.0 Å². The zero-order valence-corrected chi connectivity index (χ0v) is 12.6. The van der Waals surface area contributed by atoms with E-state index >= 15 is 0 Å². The van der Waals surface area contributed by atoms with Crippen LogP contribution in [-0.2, 0) is 26.7 Å². The lowest BCUT2D eigenvalue weighted by molar-refractivity contribution is 0.307. The molecule has 0 unspecified atom stereocenters. The molecule has 0 aliphatic heterocycles. The average molecular weight is 272 g/mol. The fraction of sp³-hybridized carbons (Fsp3) is 0.438. The molecule has 20 heavy (non-hydrogen) atoms. The number of hydrogen-bond donors (Lipinski definition) is 1. The lowest BCUT2D eigenvalue weighted by Crippen LogP contribution is -2.19. The molecule has 1 N–H and O–H groups in total. The van der Waals surface area contributed by atoms with Gasteiger partial charge in [-0.1, -0.05) is 31.2 Å². The molecule has 0 saturated heterocycles. The highest BCUT2D eigenvalue weighted by Gasteiger charge is 2.05. The van der Waals surface area contributed by atoms with Crippen LogP contribution in [0.25, 0.3) is 0 Å². The van der Waals surface area contributed by atoms with Crippen LogP contribution in [-0.4, -0.2) is 28.0 Å². The zero-order valence-electron chi connectivity index (χ0n) is 12.6. The van der Waals surface area contributed by atoms with Crippen LogP contribution in [0.5, 0.6) is 0 Å². The van der Waals surface area contributed by atoms with Gasteiger partial charge in [-0.15, -0.1) is 0 Å². The maximum atomic E-state index is 4.36. The van der Waals surface area contributed by atoms with Gasteiger partial charge in [-0.05, 0) is 24.7 Å². The lowest BCUT2D eigenvalue weighted by atomic mass is 10.1. The molecule has 0 radical (unpaired) electrons. The SMILES string of the molecule is CCNCc1ccc(CN(C)Cc2nccn2C)cc1. The van der Waals surface area contributed by atoms with Gasteiger partial charge in [-0.2, -0.15) is 0 Å². The van der Waals surface area contributed by atoms with Crippen molar-refractivity contribution in [3.8, 4) is 0 Å². The minimum Gasteiger partial charge on any atom is -0.337 e. The van der Waals surface area contributed by atoms with E-state index in [-0.39, 0.29) is 0 Å². The van der Waals surface area contributed by atoms with E-state index < -0.39 is 0 Å². The van der Waals surface area contributed by atoms with Gasteiger partial charge in [0.25, 0.3) is 0 Å². The van der Waals surface area contributed by atoms with Crippen molar-refractivity contribution in [1.82, 2.24) is 19.8 Å². The van der Waals surface area contributed by atoms with Crippen molar-refractivity contribution in [2.45, 2.75) is 26.6 Å². The van der Waals surface area contributed by atoms with Crippen LogP contribution < -0.4 is 5.32 Å². The van der Waals surface area contributed by atoms with Crippen molar-refractivity contribution >= 4 is 0 Å². The van der Waals surface area contributed by atoms with Crippen molar-refractivity contribution in [2.24, 2.45) is 7.05 Å². The normalized spacial score (nSPS) is 11.2. The molecule has 2 rings (SSSR count). The first-order valence-corrected chi connectivity index (χ1v) is 7.12. The van der Waals surface area contributed by atoms with E-state index in [2.05, 4.69) is 58.0 Å². The summed E-state index contributed by atoms with van der Waals surface area (Å²) < 4.78 is 2.07. The van der Waals surface area contributed by atoms with Gasteiger partial charge < -0.3 is 9.88 Å². The number of hydrogen-bond acceptors (Lipinski definition) is 3. The third-order valence-corrected chi connectivity index (χ3v) is 3.39. The van der Waals surface area contributed by atoms with Gasteiger partial charge in [0.2, 0.25) is 0 Å². The molecule has 0 atom stereocenters. The zero-order chi connectivity index (χ0) is 14.4. The Labute approximate surface area is 121 Å². The molecule has 0 bridgehead atoms. The first kappa shape index (κ1) is 14.8. The summed E-state index contributed by atoms with van der Waals surface area (Å²) in [4.78, 5) is 6.64. The Morgan fingerprint density at radius 1 is 1.15 bits per heavy atom. The fourth-order valence-electron chi connectivity index (χ4n) is 2.19. The number of aryl methyl sites for hydroxylation is 1. The van der Waals surface area contributed by atoms with E-state index in [4.69, 9.17) is 0 Å². The van der Waals surface area contributed by atoms with Gasteiger partial charge in [-0.3, -0.25) is 4.90 Å². The Bertz CT molecular complexity index is 516. The number of aromatic nitrogens is 2. The van der Waals surface area contributed by atoms with Crippen molar-refractivity contribution in [1.29, 1.82) is 0 Å². The summed E-state index contributed by atoms with van der Waals surface area (Å²) >= 11 is 0. The predicted octanol–water partition coefficient (Wildman–Crippen LogP) is 2.16. The Kier molecular flexibility index (Phi) is 5.32. The van der Waals surface area contributed by atoms with Gasteiger partial charge in [0.05, 0.1) is 6.54 Å². The quantitative estimate of drug-likeness (QED) is 0.838. The molecule has 2 aromatic rings. The van der Waals surface area contributed by atoms with Crippen molar-refractivity contribution in [3.05, 3.63) is 53.6 Å². The predicted molar refractivity (Wildman–Crippen MR) is 82.2 cm³/mol. The summed E-state index contributed by atoms with van der Waals surface area (Å²) in [5.41, 5.74) is 2.67. The number of nitrogens with zero attached hydrogens (tertiary/aromatic N) is 3. The van der Waals surface area contributed by atoms with E-state index in [1.165, 1.54) is 11.1 Å². The Balaban J connectivity index is 1.87. The fourth-order valence-corrected chi connectivity index (χ4v) is 2.19. The van der Waals surface area contributed by atoms with Crippen LogP contribution in [0.15, 0.2) is 36.7 Å². The van der Waals surface area contributed by atoms with E-state index in [1.807, 2.05) is 19.4 Å². The van der Waals surface area contributed by atoms with Gasteiger partial charge in [-0.25, -0.2) is 4.98 Å². The summed E-state index contributed by atoms with van der Waals surface area (Å²) in [6.45, 7) is 5.88. The van der Waals surface area contributed by atoms with Crippen LogP contribution in [0.4, 0.5) is 0 Å². The number of rotatable bonds is 7. The maximum Gasteiger partial charge on any atom is 0.122 e. The molecule has 1 aromatic heterocycles. The highest BCUT2D eigenvalue weighted by molar-refractivity contribution is 5.22. The Hall–Kier alpha value is -1.65. The molecule has 1 heterocycles. The summed E-state index contributed by atoms with van der Waals surface area (Å²) in [6, 6.07) is 8.82. The standard InChI is InChI=1S/C16H24N4/c1-4-17-11-14-5-7-15(8-6-14)12-19(2)13-16-18-9-10-20(16)3/h5-10,17H,4,11-13H2,1-3H3. The number of nitrogens with one attached hydrogen (secondary N) is 1. The molecule has 1 aromatic carbocycles. The molecule has 108 valence electrons. The molecular formula is C16H24N4. The highest BCUT2D eigenvalue weighted by Crippen LogP contribution is 2.09. The van der Waals surface area contributed by atoms with Crippen LogP contribution in [0.2, 0.25) is 0 Å². The third-order valence-electron chi connectivity index (χ3n) is 3.39. The molecule has 0 saturated carbocycles. The first-order chi connectivity index (χ1) is 9.69. The lowest BCUT2D eigenvalue weighted by Gasteiger charge is -2.16. The van der Waals surface area contributed by atoms with Crippen molar-refractivity contribution < 1.29 is 0 Å². The van der Waals surface area contributed by atoms with E-state index in [0.29, 0.717) is 0 Å². The summed E-state index contributed by atoms with van der Waals surface area (Å²) in [7, 11) is 4.16. The Morgan fingerprint density at radius 3 is 2.45 bits per heavy atom. The van der Waals surface area contributed by atoms with Crippen LogP contribution in [0.1, 0.15) is 23.9 Å². The topological polar surface area (TPSA) is 33.1 Å². The second-order valence-electron chi connectivity index (χ2n) is 5.22. The van der Waals surface area contributed by atoms with Crippen LogP contribution >= 0.6 is 0 Å². The highest BCUT2D eigenvalue weighted by atomic mass is 15.1. The second kappa shape index (κ2) is 7.22. The van der Waals surface area contributed by atoms with Gasteiger partial charge in [0.15, 0.2) is 0 Å². The first-order valence-electron chi connectivity index (χ1n) is 7.12. The largest absolute Gasteiger partial charge is 0.337 e. The molecule has 0 amide bonds.